The van der Waals surface area contributed by atoms with Gasteiger partial charge in [0.25, 0.3) is 0 Å². The van der Waals surface area contributed by atoms with Crippen LogP contribution in [0.4, 0.5) is 4.39 Å². The van der Waals surface area contributed by atoms with E-state index in [9.17, 15) is 4.39 Å². The van der Waals surface area contributed by atoms with Crippen LogP contribution in [0, 0.1) is 0 Å². The summed E-state index contributed by atoms with van der Waals surface area (Å²) in [4.78, 5) is 10.0. The number of hydrogen-bond acceptors (Lipinski definition) is 9. The molecule has 1 aromatic carbocycles. The van der Waals surface area contributed by atoms with Crippen LogP contribution in [0.25, 0.3) is 27.4 Å². The van der Waals surface area contributed by atoms with Gasteiger partial charge in [-0.05, 0) is 25.1 Å². The molecule has 5 heterocycles. The summed E-state index contributed by atoms with van der Waals surface area (Å²) in [6.45, 7) is 2.99. The van der Waals surface area contributed by atoms with Crippen LogP contribution in [0.3, 0.4) is 0 Å². The molecule has 0 aliphatic carbocycles. The van der Waals surface area contributed by atoms with Crippen LogP contribution in [-0.2, 0) is 21.7 Å². The minimum Gasteiger partial charge on any atom is -0.496 e. The smallest absolute Gasteiger partial charge is 0.212 e. The fourth-order valence-electron chi connectivity index (χ4n) is 4.67. The quantitative estimate of drug-likeness (QED) is 0.242. The second-order valence-electron chi connectivity index (χ2n) is 9.17. The molecule has 4 aromatic heterocycles. The zero-order valence-electron chi connectivity index (χ0n) is 21.3. The van der Waals surface area contributed by atoms with Crippen molar-refractivity contribution in [2.24, 2.45) is 0 Å². The molecule has 0 amide bonds. The molecule has 38 heavy (non-hydrogen) atoms. The van der Waals surface area contributed by atoms with Gasteiger partial charge in [0.1, 0.15) is 35.0 Å². The number of aromatic nitrogens is 4. The minimum absolute atomic E-state index is 0.251. The summed E-state index contributed by atoms with van der Waals surface area (Å²) in [5, 5.41) is 5.42. The van der Waals surface area contributed by atoms with Gasteiger partial charge in [-0.2, -0.15) is 5.10 Å². The Hall–Kier alpha value is -3.54. The van der Waals surface area contributed by atoms with E-state index in [4.69, 9.17) is 28.3 Å². The van der Waals surface area contributed by atoms with E-state index >= 15 is 0 Å². The summed E-state index contributed by atoms with van der Waals surface area (Å²) in [6, 6.07) is 11.4. The second-order valence-corrected chi connectivity index (χ2v) is 10.2. The molecular formula is C27H27FN4O5S. The van der Waals surface area contributed by atoms with Crippen molar-refractivity contribution in [3.05, 3.63) is 59.0 Å². The first-order chi connectivity index (χ1) is 18.5. The fraction of sp³-hybridized carbons (Fsp3) is 0.370. The average Bonchev–Trinajstić information content (AvgIpc) is 3.65. The highest BCUT2D eigenvalue weighted by molar-refractivity contribution is 7.16. The summed E-state index contributed by atoms with van der Waals surface area (Å²) < 4.78 is 44.5. The van der Waals surface area contributed by atoms with Gasteiger partial charge < -0.3 is 23.4 Å². The van der Waals surface area contributed by atoms with Crippen LogP contribution < -0.4 is 9.47 Å². The monoisotopic (exact) mass is 538 g/mol. The van der Waals surface area contributed by atoms with Crippen LogP contribution in [0.1, 0.15) is 42.3 Å². The van der Waals surface area contributed by atoms with Gasteiger partial charge in [-0.1, -0.05) is 17.4 Å². The molecule has 1 unspecified atom stereocenters. The summed E-state index contributed by atoms with van der Waals surface area (Å²) in [5.74, 6) is 1.75. The van der Waals surface area contributed by atoms with Crippen molar-refractivity contribution in [2.45, 2.75) is 38.1 Å². The third-order valence-corrected chi connectivity index (χ3v) is 7.88. The van der Waals surface area contributed by atoms with Gasteiger partial charge in [0.15, 0.2) is 16.9 Å². The number of furan rings is 1. The number of fused-ring (bicyclic) bond motifs is 2. The normalized spacial score (nSPS) is 16.2. The third-order valence-electron chi connectivity index (χ3n) is 6.80. The molecule has 1 saturated heterocycles. The van der Waals surface area contributed by atoms with Crippen molar-refractivity contribution in [1.82, 2.24) is 19.6 Å². The van der Waals surface area contributed by atoms with Crippen LogP contribution in [0.5, 0.6) is 11.5 Å². The first kappa shape index (κ1) is 24.8. The second kappa shape index (κ2) is 9.97. The van der Waals surface area contributed by atoms with E-state index < -0.39 is 11.8 Å². The molecule has 6 rings (SSSR count). The molecule has 5 aromatic rings. The number of imidazole rings is 1. The number of alkyl halides is 1. The highest BCUT2D eigenvalue weighted by Crippen LogP contribution is 2.38. The Balaban J connectivity index is 1.29. The Morgan fingerprint density at radius 3 is 2.74 bits per heavy atom. The number of halogens is 1. The molecule has 0 spiro atoms. The van der Waals surface area contributed by atoms with E-state index in [1.807, 2.05) is 30.3 Å². The standard InChI is InChI=1S/C27H27FN4O5S/c1-16(28)25-31-32-14-20(30-26(32)38-25)23-13-19-21(11-18(33-2)12-22(19)37-23)36-15-17-5-4-6-24(29-17)27(34-3)7-9-35-10-8-27/h4-6,11-14,16H,7-10,15H2,1-3H3. The number of rotatable bonds is 8. The molecule has 0 saturated carbocycles. The van der Waals surface area contributed by atoms with Crippen LogP contribution in [0.15, 0.2) is 47.0 Å². The van der Waals surface area contributed by atoms with Gasteiger partial charge in [-0.15, -0.1) is 0 Å². The highest BCUT2D eigenvalue weighted by Gasteiger charge is 2.36. The molecule has 1 aliphatic rings. The Morgan fingerprint density at radius 1 is 1.16 bits per heavy atom. The average molecular weight is 539 g/mol. The maximum atomic E-state index is 13.6. The number of benzene rings is 1. The molecule has 0 radical (unpaired) electrons. The predicted molar refractivity (Wildman–Crippen MR) is 139 cm³/mol. The van der Waals surface area contributed by atoms with E-state index in [1.54, 1.807) is 31.0 Å². The molecule has 1 aliphatic heterocycles. The van der Waals surface area contributed by atoms with Crippen molar-refractivity contribution >= 4 is 27.3 Å². The number of hydrogen-bond donors (Lipinski definition) is 0. The molecular weight excluding hydrogens is 511 g/mol. The van der Waals surface area contributed by atoms with Crippen LogP contribution in [-0.4, -0.2) is 47.0 Å². The molecule has 198 valence electrons. The van der Waals surface area contributed by atoms with Gasteiger partial charge >= 0.3 is 0 Å². The Morgan fingerprint density at radius 2 is 2.00 bits per heavy atom. The first-order valence-electron chi connectivity index (χ1n) is 12.3. The van der Waals surface area contributed by atoms with E-state index in [-0.39, 0.29) is 6.61 Å². The highest BCUT2D eigenvalue weighted by atomic mass is 32.1. The molecule has 0 N–H and O–H groups in total. The van der Waals surface area contributed by atoms with Crippen LogP contribution in [0.2, 0.25) is 0 Å². The van der Waals surface area contributed by atoms with Crippen molar-refractivity contribution < 1.29 is 27.8 Å². The lowest BCUT2D eigenvalue weighted by Crippen LogP contribution is -2.36. The molecule has 1 fully saturated rings. The Kier molecular flexibility index (Phi) is 6.50. The SMILES string of the molecule is COc1cc(OCc2cccc(C3(OC)CCOCC3)n2)c2cc(-c3cn4nc(C(C)F)sc4n3)oc2c1. The lowest BCUT2D eigenvalue weighted by Gasteiger charge is -2.35. The number of methoxy groups -OCH3 is 2. The number of pyridine rings is 1. The van der Waals surface area contributed by atoms with Crippen molar-refractivity contribution in [2.75, 3.05) is 27.4 Å². The minimum atomic E-state index is -1.14. The molecule has 9 nitrogen and oxygen atoms in total. The van der Waals surface area contributed by atoms with Crippen molar-refractivity contribution in [1.29, 1.82) is 0 Å². The van der Waals surface area contributed by atoms with Gasteiger partial charge in [-0.25, -0.2) is 13.9 Å². The molecule has 11 heteroatoms. The lowest BCUT2D eigenvalue weighted by molar-refractivity contribution is -0.0974. The number of ether oxygens (including phenoxy) is 4. The zero-order chi connectivity index (χ0) is 26.3. The summed E-state index contributed by atoms with van der Waals surface area (Å²) in [5.41, 5.74) is 2.40. The lowest BCUT2D eigenvalue weighted by atomic mass is 9.90. The van der Waals surface area contributed by atoms with E-state index in [0.717, 1.165) is 29.6 Å². The Bertz CT molecular complexity index is 1560. The predicted octanol–water partition coefficient (Wildman–Crippen LogP) is 5.87. The summed E-state index contributed by atoms with van der Waals surface area (Å²) in [7, 11) is 3.32. The zero-order valence-corrected chi connectivity index (χ0v) is 22.1. The van der Waals surface area contributed by atoms with Gasteiger partial charge in [0.2, 0.25) is 4.96 Å². The third kappa shape index (κ3) is 4.50. The van der Waals surface area contributed by atoms with Gasteiger partial charge in [0.05, 0.1) is 30.1 Å². The van der Waals surface area contributed by atoms with Crippen LogP contribution >= 0.6 is 11.3 Å². The number of nitrogens with zero attached hydrogens (tertiary/aromatic N) is 4. The fourth-order valence-corrected chi connectivity index (χ4v) is 5.48. The topological polar surface area (TPSA) is 93.1 Å². The van der Waals surface area contributed by atoms with Gasteiger partial charge in [-0.3, -0.25) is 4.98 Å². The Labute approximate surface area is 222 Å². The summed E-state index contributed by atoms with van der Waals surface area (Å²) in [6.07, 6.45) is 2.09. The van der Waals surface area contributed by atoms with Crippen molar-refractivity contribution in [3.63, 3.8) is 0 Å². The van der Waals surface area contributed by atoms with E-state index in [2.05, 4.69) is 10.1 Å². The van der Waals surface area contributed by atoms with Crippen molar-refractivity contribution in [3.8, 4) is 23.0 Å². The summed E-state index contributed by atoms with van der Waals surface area (Å²) >= 11 is 1.21. The first-order valence-corrected chi connectivity index (χ1v) is 13.1. The van der Waals surface area contributed by atoms with E-state index in [1.165, 1.54) is 18.3 Å². The largest absolute Gasteiger partial charge is 0.496 e. The van der Waals surface area contributed by atoms with Gasteiger partial charge in [0, 0.05) is 45.3 Å². The van der Waals surface area contributed by atoms with E-state index in [0.29, 0.717) is 51.7 Å². The molecule has 0 bridgehead atoms. The molecule has 1 atom stereocenters. The maximum Gasteiger partial charge on any atom is 0.212 e. The maximum absolute atomic E-state index is 13.6.